The van der Waals surface area contributed by atoms with Gasteiger partial charge in [-0.05, 0) is 75.6 Å². The van der Waals surface area contributed by atoms with Crippen LogP contribution < -0.4 is 26.2 Å². The number of carboxylic acids is 1. The molecule has 3 aliphatic heterocycles. The van der Waals surface area contributed by atoms with Gasteiger partial charge in [0, 0.05) is 77.9 Å². The maximum atomic E-state index is 13.8. The fourth-order valence-electron chi connectivity index (χ4n) is 8.40. The van der Waals surface area contributed by atoms with Gasteiger partial charge >= 0.3 is 5.97 Å². The van der Waals surface area contributed by atoms with Crippen molar-refractivity contribution in [3.05, 3.63) is 29.8 Å². The molecule has 3 amide bonds. The van der Waals surface area contributed by atoms with Gasteiger partial charge in [-0.25, -0.2) is 5.48 Å². The smallest absolute Gasteiger partial charge is 0.317 e. The minimum Gasteiger partial charge on any atom is -0.494 e. The van der Waals surface area contributed by atoms with Crippen molar-refractivity contribution in [2.24, 2.45) is 17.8 Å². The third-order valence-electron chi connectivity index (χ3n) is 12.2. The van der Waals surface area contributed by atoms with Crippen LogP contribution in [0.4, 0.5) is 0 Å². The molecule has 73 heavy (non-hydrogen) atoms. The van der Waals surface area contributed by atoms with Gasteiger partial charge in [0.05, 0.1) is 104 Å². The molecule has 1 aromatic carbocycles. The number of amides is 3. The van der Waals surface area contributed by atoms with Gasteiger partial charge in [-0.15, -0.1) is 0 Å². The summed E-state index contributed by atoms with van der Waals surface area (Å²) in [6.45, 7) is 16.8. The van der Waals surface area contributed by atoms with E-state index in [4.69, 9.17) is 33.2 Å². The topological polar surface area (TPSA) is 265 Å². The number of nitrogens with one attached hydrogen (secondary N) is 4. The van der Waals surface area contributed by atoms with Crippen LogP contribution in [0.2, 0.25) is 0 Å². The van der Waals surface area contributed by atoms with Gasteiger partial charge in [-0.1, -0.05) is 26.0 Å². The number of fused-ring (bicyclic) bond motifs is 11. The van der Waals surface area contributed by atoms with Crippen molar-refractivity contribution in [2.45, 2.75) is 71.8 Å². The lowest BCUT2D eigenvalue weighted by Gasteiger charge is -2.29. The van der Waals surface area contributed by atoms with Crippen molar-refractivity contribution in [3.63, 3.8) is 0 Å². The van der Waals surface area contributed by atoms with Crippen LogP contribution in [0.5, 0.6) is 5.75 Å². The van der Waals surface area contributed by atoms with Crippen LogP contribution in [0.15, 0.2) is 24.3 Å². The first-order valence-corrected chi connectivity index (χ1v) is 26.2. The highest BCUT2D eigenvalue weighted by molar-refractivity contribution is 5.92. The second-order valence-corrected chi connectivity index (χ2v) is 18.8. The van der Waals surface area contributed by atoms with Gasteiger partial charge in [0.2, 0.25) is 17.7 Å². The minimum absolute atomic E-state index is 0.0473. The fourth-order valence-corrected chi connectivity index (χ4v) is 8.40. The Balaban J connectivity index is 1.12. The van der Waals surface area contributed by atoms with Gasteiger partial charge in [-0.3, -0.25) is 48.7 Å². The van der Waals surface area contributed by atoms with Gasteiger partial charge in [0.15, 0.2) is 5.78 Å². The molecule has 0 aliphatic carbocycles. The Morgan fingerprint density at radius 1 is 0.712 bits per heavy atom. The molecule has 0 unspecified atom stereocenters. The number of hydrogen-bond acceptors (Lipinski definition) is 18. The van der Waals surface area contributed by atoms with Crippen LogP contribution in [0.25, 0.3) is 0 Å². The molecular formula is C51H87N7O15. The van der Waals surface area contributed by atoms with Crippen molar-refractivity contribution < 1.29 is 72.2 Å². The summed E-state index contributed by atoms with van der Waals surface area (Å²) in [5.41, 5.74) is 2.61. The molecular weight excluding hydrogens is 951 g/mol. The molecule has 0 radical (unpaired) electrons. The van der Waals surface area contributed by atoms with Crippen LogP contribution >= 0.6 is 0 Å². The van der Waals surface area contributed by atoms with E-state index in [1.54, 1.807) is 5.48 Å². The number of nitrogens with zero attached hydrogens (tertiary/aromatic N) is 3. The summed E-state index contributed by atoms with van der Waals surface area (Å²) in [4.78, 5) is 81.4. The van der Waals surface area contributed by atoms with Gasteiger partial charge in [0.25, 0.3) is 0 Å². The predicted octanol–water partition coefficient (Wildman–Crippen LogP) is 0.808. The second-order valence-electron chi connectivity index (χ2n) is 18.8. The molecule has 0 saturated carbocycles. The summed E-state index contributed by atoms with van der Waals surface area (Å²) in [7, 11) is 0. The third-order valence-corrected chi connectivity index (χ3v) is 12.2. The van der Waals surface area contributed by atoms with E-state index in [1.807, 2.05) is 52.8 Å². The Morgan fingerprint density at radius 3 is 1.81 bits per heavy atom. The normalized spacial score (nSPS) is 18.8. The summed E-state index contributed by atoms with van der Waals surface area (Å²) >= 11 is 0. The molecule has 3 aliphatic rings. The average molecular weight is 1040 g/mol. The quantitative estimate of drug-likeness (QED) is 0.0309. The number of carbonyl (C=O) groups excluding carboxylic acids is 5. The summed E-state index contributed by atoms with van der Waals surface area (Å²) in [6, 6.07) is 6.65. The number of aliphatic carboxylic acids is 1. The lowest BCUT2D eigenvalue weighted by atomic mass is 9.81. The zero-order valence-corrected chi connectivity index (χ0v) is 43.8. The summed E-state index contributed by atoms with van der Waals surface area (Å²) in [6.07, 6.45) is 3.07. The van der Waals surface area contributed by atoms with Crippen molar-refractivity contribution in [2.75, 3.05) is 164 Å². The van der Waals surface area contributed by atoms with Crippen molar-refractivity contribution in [1.29, 1.82) is 0 Å². The predicted molar refractivity (Wildman–Crippen MR) is 270 cm³/mol. The first kappa shape index (κ1) is 63.1. The molecule has 2 bridgehead atoms. The number of benzene rings is 1. The van der Waals surface area contributed by atoms with E-state index in [0.717, 1.165) is 18.5 Å². The Kier molecular flexibility index (Phi) is 33.9. The largest absolute Gasteiger partial charge is 0.494 e. The van der Waals surface area contributed by atoms with Gasteiger partial charge in [-0.2, -0.15) is 0 Å². The number of hydrogen-bond donors (Lipinski definition) is 6. The first-order valence-electron chi connectivity index (χ1n) is 26.2. The second kappa shape index (κ2) is 39.2. The summed E-state index contributed by atoms with van der Waals surface area (Å²) in [5.74, 6) is -2.85. The van der Waals surface area contributed by atoms with Crippen LogP contribution in [0, 0.1) is 17.8 Å². The van der Waals surface area contributed by atoms with E-state index in [9.17, 15) is 39.1 Å². The van der Waals surface area contributed by atoms with E-state index in [0.29, 0.717) is 183 Å². The minimum atomic E-state index is -0.903. The number of Topliss-reactive ketones (excluding diaryl/α,β-unsaturated/α-hetero) is 2. The standard InChI is InChI=1S/C51H87N7O15/c1-40(2)35-45-44(51(65)55-66)7-4-24-73-43-11-9-42(10-12-43)36-46(54-50(45)64)47(60)8-5-22-67-27-31-71-33-29-69-25-14-52-13-6-23-68-28-32-72-34-30-70-26-15-53-48(61)38-57-18-16-56(37-41(3)59)17-20-58(21-19-57)39-49(62)63/h9-12,40,44-46,52,66H,4-8,13-39H2,1-3H3,(H,53,61)(H,54,64)(H,55,65)(H,62,63)/t44-,45+,46-/m0/s1. The highest BCUT2D eigenvalue weighted by Gasteiger charge is 2.36. The van der Waals surface area contributed by atoms with E-state index in [2.05, 4.69) is 16.0 Å². The lowest BCUT2D eigenvalue weighted by molar-refractivity contribution is -0.142. The number of carboxylic acid groups (broad SMARTS) is 1. The number of rotatable bonds is 36. The highest BCUT2D eigenvalue weighted by atomic mass is 16.5. The molecule has 22 nitrogen and oxygen atoms in total. The van der Waals surface area contributed by atoms with Crippen molar-refractivity contribution in [1.82, 2.24) is 36.1 Å². The van der Waals surface area contributed by atoms with Crippen LogP contribution in [-0.4, -0.2) is 231 Å². The molecule has 1 aromatic rings. The van der Waals surface area contributed by atoms with E-state index in [1.165, 1.54) is 6.92 Å². The maximum absolute atomic E-state index is 13.8. The first-order chi connectivity index (χ1) is 35.3. The number of ketones is 2. The van der Waals surface area contributed by atoms with E-state index < -0.39 is 29.8 Å². The Hall–Kier alpha value is -4.20. The molecule has 0 aromatic heterocycles. The molecule has 3 heterocycles. The third kappa shape index (κ3) is 30.1. The summed E-state index contributed by atoms with van der Waals surface area (Å²) in [5, 5.41) is 27.9. The Bertz CT molecular complexity index is 1680. The van der Waals surface area contributed by atoms with E-state index in [-0.39, 0.29) is 48.8 Å². The molecule has 1 saturated heterocycles. The highest BCUT2D eigenvalue weighted by Crippen LogP contribution is 2.27. The van der Waals surface area contributed by atoms with Crippen molar-refractivity contribution >= 4 is 35.3 Å². The van der Waals surface area contributed by atoms with Crippen LogP contribution in [0.1, 0.15) is 64.9 Å². The SMILES string of the molecule is CC(=O)CN1CCN(CC(=O)O)CCN(CC(=O)NCCOCCOCCOCCCNCCOCCOCCOCCCC(=O)[C@@H]2Cc3ccc(cc3)OCCC[C@H](C(=O)NO)[C@@H](CC(C)C)C(=O)N2)CC1. The molecule has 1 fully saturated rings. The zero-order chi connectivity index (χ0) is 52.9. The molecule has 6 N–H and O–H groups in total. The fraction of sp³-hybridized carbons (Fsp3) is 0.765. The number of hydroxylamine groups is 1. The number of carbonyl (C=O) groups is 6. The van der Waals surface area contributed by atoms with Gasteiger partial charge in [0.1, 0.15) is 11.5 Å². The van der Waals surface area contributed by atoms with Gasteiger partial charge < -0.3 is 54.2 Å². The molecule has 22 heteroatoms. The maximum Gasteiger partial charge on any atom is 0.317 e. The van der Waals surface area contributed by atoms with Crippen LogP contribution in [0.3, 0.4) is 0 Å². The monoisotopic (exact) mass is 1040 g/mol. The zero-order valence-electron chi connectivity index (χ0n) is 43.8. The molecule has 3 atom stereocenters. The van der Waals surface area contributed by atoms with E-state index >= 15 is 0 Å². The average Bonchev–Trinajstić information content (AvgIpc) is 3.44. The summed E-state index contributed by atoms with van der Waals surface area (Å²) < 4.78 is 39.6. The Labute approximate surface area is 432 Å². The molecule has 4 rings (SSSR count). The lowest BCUT2D eigenvalue weighted by Crippen LogP contribution is -2.49. The molecule has 0 spiro atoms. The Morgan fingerprint density at radius 2 is 1.25 bits per heavy atom. The van der Waals surface area contributed by atoms with Crippen molar-refractivity contribution in [3.8, 4) is 5.75 Å². The number of ether oxygens (including phenoxy) is 7. The molecule has 416 valence electrons. The van der Waals surface area contributed by atoms with Crippen LogP contribution in [-0.2, 0) is 63.6 Å².